The van der Waals surface area contributed by atoms with Crippen LogP contribution in [0.25, 0.3) is 0 Å². The second kappa shape index (κ2) is 5.85. The van der Waals surface area contributed by atoms with E-state index in [1.165, 1.54) is 0 Å². The highest BCUT2D eigenvalue weighted by molar-refractivity contribution is 9.10. The first kappa shape index (κ1) is 14.9. The summed E-state index contributed by atoms with van der Waals surface area (Å²) in [4.78, 5) is 0. The van der Waals surface area contributed by atoms with E-state index in [0.29, 0.717) is 17.1 Å². The molecule has 0 amide bonds. The highest BCUT2D eigenvalue weighted by atomic mass is 79.9. The number of methoxy groups -OCH3 is 2. The predicted octanol–water partition coefficient (Wildman–Crippen LogP) is 3.72. The summed E-state index contributed by atoms with van der Waals surface area (Å²) in [6.07, 6.45) is 0. The van der Waals surface area contributed by atoms with Gasteiger partial charge in [0.25, 0.3) is 0 Å². The smallest absolute Gasteiger partial charge is 0.128 e. The Balaban J connectivity index is 2.50. The lowest BCUT2D eigenvalue weighted by atomic mass is 9.87. The summed E-state index contributed by atoms with van der Waals surface area (Å²) in [6.45, 7) is 1.75. The Morgan fingerprint density at radius 3 is 2.20 bits per heavy atom. The molecule has 0 aliphatic rings. The molecule has 0 aliphatic carbocycles. The Bertz CT molecular complexity index is 591. The molecule has 2 aromatic carbocycles. The van der Waals surface area contributed by atoms with E-state index in [1.807, 2.05) is 36.4 Å². The summed E-state index contributed by atoms with van der Waals surface area (Å²) < 4.78 is 11.5. The average molecular weight is 337 g/mol. The Labute approximate surface area is 127 Å². The summed E-state index contributed by atoms with van der Waals surface area (Å²) in [7, 11) is 3.18. The predicted molar refractivity (Wildman–Crippen MR) is 82.4 cm³/mol. The van der Waals surface area contributed by atoms with Crippen LogP contribution in [0.3, 0.4) is 0 Å². The van der Waals surface area contributed by atoms with E-state index < -0.39 is 5.60 Å². The molecule has 3 nitrogen and oxygen atoms in total. The van der Waals surface area contributed by atoms with Crippen LogP contribution in [0.15, 0.2) is 46.9 Å². The maximum atomic E-state index is 10.9. The van der Waals surface area contributed by atoms with Crippen LogP contribution in [0.1, 0.15) is 18.1 Å². The minimum Gasteiger partial charge on any atom is -0.497 e. The van der Waals surface area contributed by atoms with Crippen LogP contribution in [0.2, 0.25) is 0 Å². The van der Waals surface area contributed by atoms with Crippen molar-refractivity contribution < 1.29 is 14.6 Å². The van der Waals surface area contributed by atoms with E-state index in [0.717, 1.165) is 10.0 Å². The molecule has 0 heterocycles. The number of benzene rings is 2. The van der Waals surface area contributed by atoms with Gasteiger partial charge in [0.1, 0.15) is 17.1 Å². The van der Waals surface area contributed by atoms with Crippen molar-refractivity contribution in [3.63, 3.8) is 0 Å². The zero-order chi connectivity index (χ0) is 14.8. The first-order chi connectivity index (χ1) is 9.48. The van der Waals surface area contributed by atoms with Crippen molar-refractivity contribution in [3.8, 4) is 11.5 Å². The molecule has 4 heteroatoms. The Hall–Kier alpha value is -1.52. The van der Waals surface area contributed by atoms with Gasteiger partial charge in [0.05, 0.1) is 14.2 Å². The maximum Gasteiger partial charge on any atom is 0.128 e. The molecule has 0 radical (unpaired) electrons. The Kier molecular flexibility index (Phi) is 4.35. The number of rotatable bonds is 4. The molecule has 0 aromatic heterocycles. The third kappa shape index (κ3) is 2.81. The fraction of sp³-hybridized carbons (Fsp3) is 0.250. The topological polar surface area (TPSA) is 38.7 Å². The lowest BCUT2D eigenvalue weighted by Gasteiger charge is -2.26. The third-order valence-corrected chi connectivity index (χ3v) is 3.87. The quantitative estimate of drug-likeness (QED) is 0.924. The lowest BCUT2D eigenvalue weighted by Crippen LogP contribution is -2.23. The van der Waals surface area contributed by atoms with Gasteiger partial charge in [-0.25, -0.2) is 0 Å². The van der Waals surface area contributed by atoms with Gasteiger partial charge in [0.15, 0.2) is 0 Å². The maximum absolute atomic E-state index is 10.9. The molecule has 1 unspecified atom stereocenters. The number of hydrogen-bond donors (Lipinski definition) is 1. The second-order valence-electron chi connectivity index (χ2n) is 4.65. The van der Waals surface area contributed by atoms with Crippen LogP contribution >= 0.6 is 15.9 Å². The van der Waals surface area contributed by atoms with Crippen LogP contribution in [0.4, 0.5) is 0 Å². The van der Waals surface area contributed by atoms with Gasteiger partial charge in [-0.05, 0) is 36.8 Å². The van der Waals surface area contributed by atoms with Crippen molar-refractivity contribution >= 4 is 15.9 Å². The lowest BCUT2D eigenvalue weighted by molar-refractivity contribution is 0.0988. The van der Waals surface area contributed by atoms with E-state index in [2.05, 4.69) is 15.9 Å². The summed E-state index contributed by atoms with van der Waals surface area (Å²) >= 11 is 3.39. The summed E-state index contributed by atoms with van der Waals surface area (Å²) in [5.74, 6) is 1.29. The number of ether oxygens (including phenoxy) is 2. The van der Waals surface area contributed by atoms with Crippen molar-refractivity contribution in [3.05, 3.63) is 58.1 Å². The molecule has 2 aromatic rings. The fourth-order valence-electron chi connectivity index (χ4n) is 2.13. The highest BCUT2D eigenvalue weighted by Crippen LogP contribution is 2.37. The molecule has 106 valence electrons. The monoisotopic (exact) mass is 336 g/mol. The van der Waals surface area contributed by atoms with E-state index in [1.54, 1.807) is 27.2 Å². The summed E-state index contributed by atoms with van der Waals surface area (Å²) in [6, 6.07) is 13.0. The van der Waals surface area contributed by atoms with Gasteiger partial charge in [-0.3, -0.25) is 0 Å². The first-order valence-electron chi connectivity index (χ1n) is 6.20. The van der Waals surface area contributed by atoms with Crippen molar-refractivity contribution in [1.29, 1.82) is 0 Å². The molecule has 0 saturated heterocycles. The van der Waals surface area contributed by atoms with Gasteiger partial charge in [0.2, 0.25) is 0 Å². The van der Waals surface area contributed by atoms with Crippen molar-refractivity contribution in [2.45, 2.75) is 12.5 Å². The van der Waals surface area contributed by atoms with Gasteiger partial charge in [-0.2, -0.15) is 0 Å². The molecule has 0 bridgehead atoms. The Morgan fingerprint density at radius 1 is 1.00 bits per heavy atom. The largest absolute Gasteiger partial charge is 0.497 e. The molecule has 0 aliphatic heterocycles. The van der Waals surface area contributed by atoms with Gasteiger partial charge in [-0.1, -0.05) is 28.1 Å². The fourth-order valence-corrected chi connectivity index (χ4v) is 2.39. The van der Waals surface area contributed by atoms with Crippen molar-refractivity contribution in [2.24, 2.45) is 0 Å². The van der Waals surface area contributed by atoms with Crippen LogP contribution in [0, 0.1) is 0 Å². The Morgan fingerprint density at radius 2 is 1.65 bits per heavy atom. The summed E-state index contributed by atoms with van der Waals surface area (Å²) in [5, 5.41) is 10.9. The van der Waals surface area contributed by atoms with Crippen molar-refractivity contribution in [2.75, 3.05) is 14.2 Å². The standard InChI is InChI=1S/C16H17BrO3/c1-16(18,11-4-6-12(17)7-5-11)14-9-8-13(19-2)10-15(14)20-3/h4-10,18H,1-3H3. The zero-order valence-corrected chi connectivity index (χ0v) is 13.3. The molecular formula is C16H17BrO3. The number of aliphatic hydroxyl groups is 1. The van der Waals surface area contributed by atoms with E-state index in [9.17, 15) is 5.11 Å². The number of halogens is 1. The van der Waals surface area contributed by atoms with Crippen LogP contribution in [-0.4, -0.2) is 19.3 Å². The molecule has 0 saturated carbocycles. The minimum atomic E-state index is -1.14. The third-order valence-electron chi connectivity index (χ3n) is 3.34. The van der Waals surface area contributed by atoms with Crippen molar-refractivity contribution in [1.82, 2.24) is 0 Å². The first-order valence-corrected chi connectivity index (χ1v) is 6.99. The molecule has 1 atom stereocenters. The van der Waals surface area contributed by atoms with Crippen LogP contribution in [0.5, 0.6) is 11.5 Å². The number of hydrogen-bond acceptors (Lipinski definition) is 3. The molecule has 20 heavy (non-hydrogen) atoms. The van der Waals surface area contributed by atoms with Crippen LogP contribution < -0.4 is 9.47 Å². The van der Waals surface area contributed by atoms with Gasteiger partial charge >= 0.3 is 0 Å². The minimum absolute atomic E-state index is 0.595. The molecule has 2 rings (SSSR count). The van der Waals surface area contributed by atoms with Crippen LogP contribution in [-0.2, 0) is 5.60 Å². The highest BCUT2D eigenvalue weighted by Gasteiger charge is 2.29. The van der Waals surface area contributed by atoms with Gasteiger partial charge < -0.3 is 14.6 Å². The van der Waals surface area contributed by atoms with E-state index in [4.69, 9.17) is 9.47 Å². The zero-order valence-electron chi connectivity index (χ0n) is 11.7. The summed E-state index contributed by atoms with van der Waals surface area (Å²) in [5.41, 5.74) is 0.352. The van der Waals surface area contributed by atoms with E-state index >= 15 is 0 Å². The molecular weight excluding hydrogens is 320 g/mol. The second-order valence-corrected chi connectivity index (χ2v) is 5.56. The van der Waals surface area contributed by atoms with Gasteiger partial charge in [-0.15, -0.1) is 0 Å². The van der Waals surface area contributed by atoms with E-state index in [-0.39, 0.29) is 0 Å². The SMILES string of the molecule is COc1ccc(C(C)(O)c2ccc(Br)cc2)c(OC)c1. The molecule has 0 fully saturated rings. The normalized spacial score (nSPS) is 13.7. The van der Waals surface area contributed by atoms with Gasteiger partial charge in [0, 0.05) is 16.1 Å². The molecule has 1 N–H and O–H groups in total. The molecule has 0 spiro atoms. The average Bonchev–Trinajstić information content (AvgIpc) is 2.46.